The predicted octanol–water partition coefficient (Wildman–Crippen LogP) is 2.03. The molecule has 1 aromatic carbocycles. The first-order valence-electron chi connectivity index (χ1n) is 5.82. The van der Waals surface area contributed by atoms with E-state index in [1.807, 2.05) is 0 Å². The number of carbonyl (C=O) groups is 2. The van der Waals surface area contributed by atoms with E-state index in [9.17, 15) is 9.59 Å². The Hall–Kier alpha value is -2.54. The van der Waals surface area contributed by atoms with Crippen LogP contribution in [0.1, 0.15) is 20.8 Å². The van der Waals surface area contributed by atoms with Gasteiger partial charge in [0.2, 0.25) is 0 Å². The highest BCUT2D eigenvalue weighted by molar-refractivity contribution is 6.34. The zero-order chi connectivity index (χ0) is 15.6. The molecule has 2 rings (SSSR count). The minimum atomic E-state index is -1.17. The van der Waals surface area contributed by atoms with Crippen LogP contribution in [-0.2, 0) is 7.05 Å². The molecule has 2 N–H and O–H groups in total. The number of rotatable bonds is 4. The molecule has 1 heterocycles. The van der Waals surface area contributed by atoms with Crippen LogP contribution < -0.4 is 10.1 Å². The van der Waals surface area contributed by atoms with Crippen molar-refractivity contribution in [1.82, 2.24) is 9.55 Å². The number of benzene rings is 1. The average Bonchev–Trinajstić information content (AvgIpc) is 2.86. The van der Waals surface area contributed by atoms with Gasteiger partial charge in [-0.15, -0.1) is 0 Å². The second kappa shape index (κ2) is 5.84. The molecule has 2 aromatic rings. The van der Waals surface area contributed by atoms with Crippen molar-refractivity contribution in [3.8, 4) is 5.75 Å². The summed E-state index contributed by atoms with van der Waals surface area (Å²) in [6.45, 7) is 0. The van der Waals surface area contributed by atoms with Crippen LogP contribution in [0.15, 0.2) is 24.7 Å². The summed E-state index contributed by atoms with van der Waals surface area (Å²) < 4.78 is 6.54. The van der Waals surface area contributed by atoms with Crippen LogP contribution in [0, 0.1) is 0 Å². The quantitative estimate of drug-likeness (QED) is 0.901. The molecule has 0 unspecified atom stereocenters. The van der Waals surface area contributed by atoms with Gasteiger partial charge in [0.1, 0.15) is 17.0 Å². The lowest BCUT2D eigenvalue weighted by Gasteiger charge is -2.11. The fourth-order valence-electron chi connectivity index (χ4n) is 1.75. The molecule has 0 aliphatic heterocycles. The van der Waals surface area contributed by atoms with Gasteiger partial charge in [0.25, 0.3) is 5.91 Å². The van der Waals surface area contributed by atoms with Crippen LogP contribution in [0.2, 0.25) is 5.02 Å². The Morgan fingerprint density at radius 2 is 2.14 bits per heavy atom. The molecule has 0 saturated carbocycles. The molecule has 21 heavy (non-hydrogen) atoms. The number of carbonyl (C=O) groups excluding carboxylic acids is 1. The Labute approximate surface area is 125 Å². The smallest absolute Gasteiger partial charge is 0.339 e. The van der Waals surface area contributed by atoms with Crippen molar-refractivity contribution < 1.29 is 19.4 Å². The Morgan fingerprint density at radius 3 is 2.67 bits per heavy atom. The molecule has 0 aliphatic rings. The third-order valence-electron chi connectivity index (χ3n) is 2.82. The minimum absolute atomic E-state index is 0.0824. The SMILES string of the molecule is COc1cc(NC(=O)c2cncn2C)c(Cl)cc1C(=O)O. The number of aromatic carboxylic acids is 1. The Balaban J connectivity index is 2.35. The monoisotopic (exact) mass is 309 g/mol. The van der Waals surface area contributed by atoms with Crippen molar-refractivity contribution in [2.45, 2.75) is 0 Å². The summed E-state index contributed by atoms with van der Waals surface area (Å²) in [7, 11) is 3.01. The number of hydrogen-bond donors (Lipinski definition) is 2. The van der Waals surface area contributed by atoms with Crippen molar-refractivity contribution in [3.05, 3.63) is 40.9 Å². The number of carboxylic acids is 1. The summed E-state index contributed by atoms with van der Waals surface area (Å²) in [5.41, 5.74) is 0.512. The first kappa shape index (κ1) is 14.9. The fourth-order valence-corrected chi connectivity index (χ4v) is 1.96. The van der Waals surface area contributed by atoms with E-state index in [4.69, 9.17) is 21.4 Å². The highest BCUT2D eigenvalue weighted by Gasteiger charge is 2.17. The van der Waals surface area contributed by atoms with Gasteiger partial charge in [-0.2, -0.15) is 0 Å². The van der Waals surface area contributed by atoms with Gasteiger partial charge in [-0.3, -0.25) is 4.79 Å². The summed E-state index contributed by atoms with van der Waals surface area (Å²) in [4.78, 5) is 27.0. The number of aromatic nitrogens is 2. The number of hydrogen-bond acceptors (Lipinski definition) is 4. The average molecular weight is 310 g/mol. The highest BCUT2D eigenvalue weighted by Crippen LogP contribution is 2.31. The minimum Gasteiger partial charge on any atom is -0.496 e. The van der Waals surface area contributed by atoms with Crippen molar-refractivity contribution in [1.29, 1.82) is 0 Å². The third-order valence-corrected chi connectivity index (χ3v) is 3.13. The van der Waals surface area contributed by atoms with E-state index in [1.54, 1.807) is 11.6 Å². The molecule has 0 atom stereocenters. The summed E-state index contributed by atoms with van der Waals surface area (Å²) in [6.07, 6.45) is 2.90. The molecule has 7 nitrogen and oxygen atoms in total. The van der Waals surface area contributed by atoms with Crippen LogP contribution in [0.4, 0.5) is 5.69 Å². The molecule has 1 amide bonds. The van der Waals surface area contributed by atoms with Crippen LogP contribution >= 0.6 is 11.6 Å². The second-order valence-corrected chi connectivity index (χ2v) is 4.59. The van der Waals surface area contributed by atoms with E-state index in [0.717, 1.165) is 0 Å². The number of amides is 1. The number of imidazole rings is 1. The van der Waals surface area contributed by atoms with Crippen molar-refractivity contribution >= 4 is 29.2 Å². The standard InChI is InChI=1S/C13H12ClN3O4/c1-17-6-15-5-10(17)12(18)16-9-4-11(21-2)7(13(19)20)3-8(9)14/h3-6H,1-2H3,(H,16,18)(H,19,20). The van der Waals surface area contributed by atoms with E-state index >= 15 is 0 Å². The van der Waals surface area contributed by atoms with E-state index in [0.29, 0.717) is 5.69 Å². The Kier molecular flexibility index (Phi) is 4.13. The molecule has 8 heteroatoms. The molecule has 0 bridgehead atoms. The summed E-state index contributed by atoms with van der Waals surface area (Å²) in [6, 6.07) is 2.58. The largest absolute Gasteiger partial charge is 0.496 e. The van der Waals surface area contributed by atoms with Crippen LogP contribution in [-0.4, -0.2) is 33.6 Å². The zero-order valence-corrected chi connectivity index (χ0v) is 12.0. The van der Waals surface area contributed by atoms with Gasteiger partial charge in [0.15, 0.2) is 0 Å². The molecule has 1 aromatic heterocycles. The van der Waals surface area contributed by atoms with Gasteiger partial charge in [0, 0.05) is 13.1 Å². The number of anilines is 1. The normalized spacial score (nSPS) is 10.2. The van der Waals surface area contributed by atoms with E-state index in [2.05, 4.69) is 10.3 Å². The molecule has 110 valence electrons. The number of nitrogens with one attached hydrogen (secondary N) is 1. The number of nitrogens with zero attached hydrogens (tertiary/aromatic N) is 2. The van der Waals surface area contributed by atoms with Crippen molar-refractivity contribution in [2.24, 2.45) is 7.05 Å². The third kappa shape index (κ3) is 2.97. The highest BCUT2D eigenvalue weighted by atomic mass is 35.5. The number of halogens is 1. The Morgan fingerprint density at radius 1 is 1.43 bits per heavy atom. The van der Waals surface area contributed by atoms with Gasteiger partial charge in [-0.1, -0.05) is 11.6 Å². The zero-order valence-electron chi connectivity index (χ0n) is 11.3. The number of methoxy groups -OCH3 is 1. The van der Waals surface area contributed by atoms with E-state index in [-0.39, 0.29) is 22.0 Å². The fraction of sp³-hybridized carbons (Fsp3) is 0.154. The summed E-state index contributed by atoms with van der Waals surface area (Å²) in [5.74, 6) is -1.48. The Bertz CT molecular complexity index is 711. The van der Waals surface area contributed by atoms with Gasteiger partial charge >= 0.3 is 5.97 Å². The number of carboxylic acid groups (broad SMARTS) is 1. The van der Waals surface area contributed by atoms with Gasteiger partial charge in [-0.05, 0) is 6.07 Å². The van der Waals surface area contributed by atoms with Gasteiger partial charge in [-0.25, -0.2) is 9.78 Å². The van der Waals surface area contributed by atoms with Crippen LogP contribution in [0.5, 0.6) is 5.75 Å². The molecule has 0 fully saturated rings. The van der Waals surface area contributed by atoms with E-state index < -0.39 is 11.9 Å². The first-order chi connectivity index (χ1) is 9.93. The number of aryl methyl sites for hydroxylation is 1. The van der Waals surface area contributed by atoms with Gasteiger partial charge < -0.3 is 19.7 Å². The van der Waals surface area contributed by atoms with Gasteiger partial charge in [0.05, 0.1) is 30.3 Å². The number of ether oxygens (including phenoxy) is 1. The lowest BCUT2D eigenvalue weighted by molar-refractivity contribution is 0.0693. The molecule has 0 saturated heterocycles. The molecular weight excluding hydrogens is 298 g/mol. The maximum absolute atomic E-state index is 12.1. The first-order valence-corrected chi connectivity index (χ1v) is 6.20. The van der Waals surface area contributed by atoms with Crippen LogP contribution in [0.25, 0.3) is 0 Å². The predicted molar refractivity (Wildman–Crippen MR) is 76.1 cm³/mol. The molecule has 0 radical (unpaired) electrons. The molecule has 0 spiro atoms. The van der Waals surface area contributed by atoms with E-state index in [1.165, 1.54) is 31.8 Å². The maximum atomic E-state index is 12.1. The lowest BCUT2D eigenvalue weighted by Crippen LogP contribution is -2.16. The van der Waals surface area contributed by atoms with Crippen molar-refractivity contribution in [3.63, 3.8) is 0 Å². The van der Waals surface area contributed by atoms with Crippen LogP contribution in [0.3, 0.4) is 0 Å². The lowest BCUT2D eigenvalue weighted by atomic mass is 10.1. The summed E-state index contributed by atoms with van der Waals surface area (Å²) >= 11 is 5.99. The maximum Gasteiger partial charge on any atom is 0.339 e. The second-order valence-electron chi connectivity index (χ2n) is 4.18. The van der Waals surface area contributed by atoms with Crippen molar-refractivity contribution in [2.75, 3.05) is 12.4 Å². The molecule has 0 aliphatic carbocycles. The molecular formula is C13H12ClN3O4. The topological polar surface area (TPSA) is 93.5 Å². The summed E-state index contributed by atoms with van der Waals surface area (Å²) in [5, 5.41) is 11.7.